The van der Waals surface area contributed by atoms with Crippen LogP contribution < -0.4 is 10.9 Å². The molecule has 3 rings (SSSR count). The number of pyridine rings is 1. The van der Waals surface area contributed by atoms with Crippen molar-refractivity contribution in [2.24, 2.45) is 0 Å². The van der Waals surface area contributed by atoms with E-state index in [-0.39, 0.29) is 11.3 Å². The van der Waals surface area contributed by atoms with Crippen molar-refractivity contribution >= 4 is 34.1 Å². The summed E-state index contributed by atoms with van der Waals surface area (Å²) in [4.78, 5) is 26.9. The molecule has 0 fully saturated rings. The number of para-hydroxylation sites is 2. The fraction of sp³-hybridized carbons (Fsp3) is 0. The lowest BCUT2D eigenvalue weighted by atomic mass is 10.1. The zero-order valence-corrected chi connectivity index (χ0v) is 12.0. The summed E-state index contributed by atoms with van der Waals surface area (Å²) in [6, 6.07) is 13.3. The molecule has 0 aliphatic carbocycles. The summed E-state index contributed by atoms with van der Waals surface area (Å²) in [6.07, 6.45) is 0. The molecule has 2 aromatic carbocycles. The molecule has 0 spiro atoms. The van der Waals surface area contributed by atoms with Gasteiger partial charge in [0.15, 0.2) is 0 Å². The predicted molar refractivity (Wildman–Crippen MR) is 85.6 cm³/mol. The number of carbonyl (C=O) groups excluding carboxylic acids is 1. The number of fused-ring (bicyclic) bond motifs is 1. The maximum absolute atomic E-state index is 12.3. The van der Waals surface area contributed by atoms with E-state index in [0.717, 1.165) is 0 Å². The molecule has 0 bridgehead atoms. The van der Waals surface area contributed by atoms with Gasteiger partial charge in [0.25, 0.3) is 11.5 Å². The van der Waals surface area contributed by atoms with E-state index in [1.807, 2.05) is 0 Å². The Morgan fingerprint density at radius 1 is 1.09 bits per heavy atom. The van der Waals surface area contributed by atoms with Crippen molar-refractivity contribution in [1.82, 2.24) is 4.98 Å². The number of aromatic amines is 1. The number of rotatable bonds is 2. The van der Waals surface area contributed by atoms with Gasteiger partial charge in [0, 0.05) is 5.39 Å². The molecule has 5 nitrogen and oxygen atoms in total. The number of hydrogen-bond acceptors (Lipinski definition) is 3. The molecule has 0 aliphatic heterocycles. The minimum absolute atomic E-state index is 0.340. The zero-order chi connectivity index (χ0) is 15.7. The van der Waals surface area contributed by atoms with Crippen LogP contribution in [0.4, 0.5) is 5.69 Å². The average molecular weight is 315 g/mol. The van der Waals surface area contributed by atoms with Gasteiger partial charge < -0.3 is 15.4 Å². The molecule has 0 radical (unpaired) electrons. The van der Waals surface area contributed by atoms with E-state index in [1.165, 1.54) is 0 Å². The first-order valence-corrected chi connectivity index (χ1v) is 6.85. The highest BCUT2D eigenvalue weighted by molar-refractivity contribution is 6.34. The van der Waals surface area contributed by atoms with E-state index >= 15 is 0 Å². The molecule has 0 saturated heterocycles. The lowest BCUT2D eigenvalue weighted by molar-refractivity contribution is 0.102. The molecule has 1 aromatic heterocycles. The van der Waals surface area contributed by atoms with Crippen LogP contribution in [0.2, 0.25) is 5.02 Å². The smallest absolute Gasteiger partial charge is 0.265 e. The van der Waals surface area contributed by atoms with Gasteiger partial charge in [-0.15, -0.1) is 0 Å². The van der Waals surface area contributed by atoms with Gasteiger partial charge in [-0.05, 0) is 24.3 Å². The predicted octanol–water partition coefficient (Wildman–Crippen LogP) is 3.14. The van der Waals surface area contributed by atoms with E-state index < -0.39 is 11.5 Å². The third kappa shape index (κ3) is 2.42. The minimum atomic E-state index is -0.724. The second-order valence-corrected chi connectivity index (χ2v) is 5.06. The second kappa shape index (κ2) is 5.54. The standard InChI is InChI=1S/C16H11ClN2O3/c17-10-6-2-4-8-12(10)19-16(22)13-14(20)9-5-1-3-7-11(9)18-15(13)21/h1-8H,(H,19,22)(H2,18,20,21). The van der Waals surface area contributed by atoms with Crippen LogP contribution in [0.3, 0.4) is 0 Å². The molecule has 0 unspecified atom stereocenters. The monoisotopic (exact) mass is 314 g/mol. The second-order valence-electron chi connectivity index (χ2n) is 4.66. The SMILES string of the molecule is O=C(Nc1ccccc1Cl)c1c(O)c2ccccc2[nH]c1=O. The van der Waals surface area contributed by atoms with E-state index in [2.05, 4.69) is 10.3 Å². The Morgan fingerprint density at radius 2 is 1.77 bits per heavy atom. The molecular weight excluding hydrogens is 304 g/mol. The molecule has 3 aromatic rings. The number of carbonyl (C=O) groups is 1. The summed E-state index contributed by atoms with van der Waals surface area (Å²) in [7, 11) is 0. The average Bonchev–Trinajstić information content (AvgIpc) is 2.49. The lowest BCUT2D eigenvalue weighted by Gasteiger charge is -2.09. The molecule has 0 saturated carbocycles. The van der Waals surface area contributed by atoms with Crippen LogP contribution in [0.25, 0.3) is 10.9 Å². The van der Waals surface area contributed by atoms with Crippen LogP contribution in [-0.4, -0.2) is 16.0 Å². The minimum Gasteiger partial charge on any atom is -0.506 e. The van der Waals surface area contributed by atoms with Gasteiger partial charge in [0.05, 0.1) is 16.2 Å². The molecule has 22 heavy (non-hydrogen) atoms. The van der Waals surface area contributed by atoms with Crippen LogP contribution in [0, 0.1) is 0 Å². The lowest BCUT2D eigenvalue weighted by Crippen LogP contribution is -2.23. The molecule has 6 heteroatoms. The third-order valence-electron chi connectivity index (χ3n) is 3.24. The van der Waals surface area contributed by atoms with Gasteiger partial charge in [-0.3, -0.25) is 9.59 Å². The fourth-order valence-corrected chi connectivity index (χ4v) is 2.37. The van der Waals surface area contributed by atoms with Crippen molar-refractivity contribution in [3.63, 3.8) is 0 Å². The fourth-order valence-electron chi connectivity index (χ4n) is 2.18. The summed E-state index contributed by atoms with van der Waals surface area (Å²) in [6.45, 7) is 0. The van der Waals surface area contributed by atoms with Gasteiger partial charge >= 0.3 is 0 Å². The van der Waals surface area contributed by atoms with Crippen molar-refractivity contribution in [1.29, 1.82) is 0 Å². The topological polar surface area (TPSA) is 82.2 Å². The van der Waals surface area contributed by atoms with Crippen LogP contribution in [0.1, 0.15) is 10.4 Å². The Labute approximate surface area is 130 Å². The van der Waals surface area contributed by atoms with Crippen LogP contribution in [-0.2, 0) is 0 Å². The van der Waals surface area contributed by atoms with Gasteiger partial charge in [-0.2, -0.15) is 0 Å². The highest BCUT2D eigenvalue weighted by Crippen LogP contribution is 2.26. The van der Waals surface area contributed by atoms with E-state index in [4.69, 9.17) is 11.6 Å². The molecular formula is C16H11ClN2O3. The van der Waals surface area contributed by atoms with Gasteiger partial charge in [0.1, 0.15) is 11.3 Å². The Balaban J connectivity index is 2.08. The summed E-state index contributed by atoms with van der Waals surface area (Å²) in [5.74, 6) is -1.08. The number of anilines is 1. The largest absolute Gasteiger partial charge is 0.506 e. The number of hydrogen-bond donors (Lipinski definition) is 3. The number of aromatic hydroxyl groups is 1. The summed E-state index contributed by atoms with van der Waals surface area (Å²) in [5, 5.41) is 13.5. The highest BCUT2D eigenvalue weighted by Gasteiger charge is 2.19. The van der Waals surface area contributed by atoms with Crippen molar-refractivity contribution in [3.8, 4) is 5.75 Å². The molecule has 1 amide bonds. The number of aromatic nitrogens is 1. The summed E-state index contributed by atoms with van der Waals surface area (Å²) in [5.41, 5.74) is -0.195. The Morgan fingerprint density at radius 3 is 2.55 bits per heavy atom. The number of halogens is 1. The van der Waals surface area contributed by atoms with E-state index in [9.17, 15) is 14.7 Å². The van der Waals surface area contributed by atoms with Crippen molar-refractivity contribution in [3.05, 3.63) is 69.5 Å². The van der Waals surface area contributed by atoms with Crippen LogP contribution >= 0.6 is 11.6 Å². The van der Waals surface area contributed by atoms with Crippen LogP contribution in [0.15, 0.2) is 53.3 Å². The highest BCUT2D eigenvalue weighted by atomic mass is 35.5. The maximum Gasteiger partial charge on any atom is 0.265 e. The summed E-state index contributed by atoms with van der Waals surface area (Å²) >= 11 is 5.97. The Kier molecular flexibility index (Phi) is 3.56. The molecule has 1 heterocycles. The maximum atomic E-state index is 12.3. The van der Waals surface area contributed by atoms with Gasteiger partial charge in [0.2, 0.25) is 0 Å². The first kappa shape index (κ1) is 14.2. The number of benzene rings is 2. The van der Waals surface area contributed by atoms with E-state index in [1.54, 1.807) is 48.5 Å². The Bertz CT molecular complexity index is 934. The third-order valence-corrected chi connectivity index (χ3v) is 3.57. The molecule has 110 valence electrons. The van der Waals surface area contributed by atoms with Crippen LogP contribution in [0.5, 0.6) is 5.75 Å². The molecule has 0 aliphatic rings. The zero-order valence-electron chi connectivity index (χ0n) is 11.3. The summed E-state index contributed by atoms with van der Waals surface area (Å²) < 4.78 is 0. The number of amides is 1. The quantitative estimate of drug-likeness (QED) is 0.679. The van der Waals surface area contributed by atoms with E-state index in [0.29, 0.717) is 21.6 Å². The first-order chi connectivity index (χ1) is 10.6. The van der Waals surface area contributed by atoms with Crippen molar-refractivity contribution in [2.45, 2.75) is 0 Å². The molecule has 0 atom stereocenters. The normalized spacial score (nSPS) is 10.6. The first-order valence-electron chi connectivity index (χ1n) is 6.48. The Hall–Kier alpha value is -2.79. The van der Waals surface area contributed by atoms with Crippen molar-refractivity contribution in [2.75, 3.05) is 5.32 Å². The number of nitrogens with one attached hydrogen (secondary N) is 2. The van der Waals surface area contributed by atoms with Gasteiger partial charge in [-0.1, -0.05) is 35.9 Å². The van der Waals surface area contributed by atoms with Crippen molar-refractivity contribution < 1.29 is 9.90 Å². The molecule has 3 N–H and O–H groups in total. The van der Waals surface area contributed by atoms with Gasteiger partial charge in [-0.25, -0.2) is 0 Å². The number of H-pyrrole nitrogens is 1.